The largest absolute Gasteiger partial charge is 0.325 e. The second kappa shape index (κ2) is 8.05. The predicted molar refractivity (Wildman–Crippen MR) is 112 cm³/mol. The van der Waals surface area contributed by atoms with Crippen molar-refractivity contribution in [3.63, 3.8) is 0 Å². The van der Waals surface area contributed by atoms with Gasteiger partial charge in [0.1, 0.15) is 11.4 Å². The molecule has 0 spiro atoms. The van der Waals surface area contributed by atoms with Gasteiger partial charge in [0.2, 0.25) is 15.7 Å². The van der Waals surface area contributed by atoms with Crippen LogP contribution in [0.2, 0.25) is 0 Å². The molecule has 1 heterocycles. The molecule has 0 aliphatic heterocycles. The van der Waals surface area contributed by atoms with Crippen molar-refractivity contribution in [1.82, 2.24) is 4.57 Å². The number of aromatic nitrogens is 1. The summed E-state index contributed by atoms with van der Waals surface area (Å²) < 4.78 is 27.4. The van der Waals surface area contributed by atoms with Gasteiger partial charge in [0.15, 0.2) is 0 Å². The van der Waals surface area contributed by atoms with Gasteiger partial charge in [0, 0.05) is 11.4 Å². The van der Waals surface area contributed by atoms with E-state index in [4.69, 9.17) is 0 Å². The zero-order chi connectivity index (χ0) is 21.2. The van der Waals surface area contributed by atoms with E-state index in [-0.39, 0.29) is 16.3 Å². The van der Waals surface area contributed by atoms with Crippen LogP contribution in [-0.2, 0) is 21.2 Å². The van der Waals surface area contributed by atoms with Gasteiger partial charge < -0.3 is 9.88 Å². The highest BCUT2D eigenvalue weighted by Crippen LogP contribution is 2.22. The summed E-state index contributed by atoms with van der Waals surface area (Å²) in [6.45, 7) is 4.83. The molecule has 0 bridgehead atoms. The van der Waals surface area contributed by atoms with Gasteiger partial charge in [-0.2, -0.15) is 0 Å². The summed E-state index contributed by atoms with van der Waals surface area (Å²) in [5.74, 6) is -0.413. The highest BCUT2D eigenvalue weighted by atomic mass is 32.2. The number of amides is 1. The van der Waals surface area contributed by atoms with Crippen LogP contribution in [0.1, 0.15) is 16.8 Å². The van der Waals surface area contributed by atoms with Crippen LogP contribution in [0.5, 0.6) is 0 Å². The first-order valence-electron chi connectivity index (χ1n) is 9.08. The second-order valence-electron chi connectivity index (χ2n) is 6.92. The lowest BCUT2D eigenvalue weighted by Crippen LogP contribution is -2.33. The number of sulfone groups is 1. The summed E-state index contributed by atoms with van der Waals surface area (Å²) in [6, 6.07) is 16.8. The Kier molecular flexibility index (Phi) is 5.70. The molecule has 7 heteroatoms. The smallest absolute Gasteiger partial charge is 0.270 e. The van der Waals surface area contributed by atoms with Crippen LogP contribution < -0.4 is 10.9 Å². The molecule has 2 aromatic carbocycles. The van der Waals surface area contributed by atoms with Crippen LogP contribution in [0.15, 0.2) is 75.2 Å². The Labute approximate surface area is 169 Å². The summed E-state index contributed by atoms with van der Waals surface area (Å²) in [6.07, 6.45) is 0. The third-order valence-electron chi connectivity index (χ3n) is 4.61. The maximum Gasteiger partial charge on any atom is 0.270 e. The number of aryl methyl sites for hydroxylation is 3. The van der Waals surface area contributed by atoms with E-state index in [0.29, 0.717) is 16.9 Å². The van der Waals surface area contributed by atoms with E-state index in [2.05, 4.69) is 5.32 Å². The topological polar surface area (TPSA) is 85.2 Å². The van der Waals surface area contributed by atoms with E-state index < -0.39 is 21.3 Å². The van der Waals surface area contributed by atoms with Crippen LogP contribution in [0.25, 0.3) is 0 Å². The Morgan fingerprint density at radius 1 is 0.966 bits per heavy atom. The second-order valence-corrected chi connectivity index (χ2v) is 8.81. The lowest BCUT2D eigenvalue weighted by atomic mass is 10.2. The number of nitrogens with zero attached hydrogens (tertiary/aromatic N) is 1. The van der Waals surface area contributed by atoms with Crippen molar-refractivity contribution in [2.24, 2.45) is 0 Å². The van der Waals surface area contributed by atoms with Crippen molar-refractivity contribution >= 4 is 21.4 Å². The van der Waals surface area contributed by atoms with Gasteiger partial charge in [-0.1, -0.05) is 35.9 Å². The summed E-state index contributed by atoms with van der Waals surface area (Å²) in [5, 5.41) is 2.71. The van der Waals surface area contributed by atoms with Gasteiger partial charge >= 0.3 is 0 Å². The van der Waals surface area contributed by atoms with E-state index in [1.165, 1.54) is 16.7 Å². The van der Waals surface area contributed by atoms with Crippen LogP contribution >= 0.6 is 0 Å². The molecule has 0 aliphatic carbocycles. The van der Waals surface area contributed by atoms with Crippen molar-refractivity contribution in [3.05, 3.63) is 87.8 Å². The SMILES string of the molecule is Cc1ccc(S(=O)(=O)c2c(C)cc(C)n(CC(=O)Nc3ccccc3)c2=O)cc1. The number of carbonyl (C=O) groups excluding carboxylic acids is 1. The fraction of sp³-hybridized carbons (Fsp3) is 0.182. The quantitative estimate of drug-likeness (QED) is 0.700. The van der Waals surface area contributed by atoms with Crippen LogP contribution in [-0.4, -0.2) is 18.9 Å². The summed E-state index contributed by atoms with van der Waals surface area (Å²) >= 11 is 0. The first kappa shape index (κ1) is 20.5. The van der Waals surface area contributed by atoms with E-state index in [9.17, 15) is 18.0 Å². The van der Waals surface area contributed by atoms with E-state index >= 15 is 0 Å². The molecule has 0 fully saturated rings. The molecule has 1 aromatic heterocycles. The first-order valence-corrected chi connectivity index (χ1v) is 10.6. The fourth-order valence-corrected chi connectivity index (χ4v) is 4.69. The molecular formula is C22H22N2O4S. The molecule has 150 valence electrons. The summed E-state index contributed by atoms with van der Waals surface area (Å²) in [7, 11) is -4.02. The van der Waals surface area contributed by atoms with Crippen LogP contribution in [0.3, 0.4) is 0 Å². The van der Waals surface area contributed by atoms with Gasteiger partial charge in [0.25, 0.3) is 5.56 Å². The van der Waals surface area contributed by atoms with Crippen molar-refractivity contribution < 1.29 is 13.2 Å². The maximum absolute atomic E-state index is 13.1. The number of anilines is 1. The van der Waals surface area contributed by atoms with Crippen molar-refractivity contribution in [1.29, 1.82) is 0 Å². The van der Waals surface area contributed by atoms with E-state index in [1.807, 2.05) is 13.0 Å². The summed E-state index contributed by atoms with van der Waals surface area (Å²) in [5.41, 5.74) is 1.68. The molecule has 0 radical (unpaired) electrons. The molecule has 1 N–H and O–H groups in total. The molecule has 3 aromatic rings. The van der Waals surface area contributed by atoms with Gasteiger partial charge in [-0.3, -0.25) is 9.59 Å². The number of nitrogens with one attached hydrogen (secondary N) is 1. The molecule has 0 saturated carbocycles. The molecule has 29 heavy (non-hydrogen) atoms. The lowest BCUT2D eigenvalue weighted by Gasteiger charge is -2.15. The number of para-hydroxylation sites is 1. The molecule has 0 atom stereocenters. The van der Waals surface area contributed by atoms with Crippen LogP contribution in [0, 0.1) is 20.8 Å². The van der Waals surface area contributed by atoms with Gasteiger partial charge in [-0.05, 0) is 56.7 Å². The Bertz CT molecular complexity index is 1210. The molecule has 1 amide bonds. The maximum atomic E-state index is 13.1. The monoisotopic (exact) mass is 410 g/mol. The standard InChI is InChI=1S/C22H22N2O4S/c1-15-9-11-19(12-10-15)29(27,28)21-16(2)13-17(3)24(22(21)26)14-20(25)23-18-7-5-4-6-8-18/h4-13H,14H2,1-3H3,(H,23,25). The predicted octanol–water partition coefficient (Wildman–Crippen LogP) is 3.25. The molecular weight excluding hydrogens is 388 g/mol. The Morgan fingerprint density at radius 2 is 1.59 bits per heavy atom. The minimum atomic E-state index is -4.02. The van der Waals surface area contributed by atoms with Crippen molar-refractivity contribution in [2.75, 3.05) is 5.32 Å². The fourth-order valence-electron chi connectivity index (χ4n) is 3.13. The van der Waals surface area contributed by atoms with E-state index in [0.717, 1.165) is 5.56 Å². The number of benzene rings is 2. The molecule has 0 aliphatic rings. The first-order chi connectivity index (χ1) is 13.7. The Hall–Kier alpha value is -3.19. The zero-order valence-electron chi connectivity index (χ0n) is 16.5. The van der Waals surface area contributed by atoms with Gasteiger partial charge in [0.05, 0.1) is 4.90 Å². The average Bonchev–Trinajstić information content (AvgIpc) is 2.66. The normalized spacial score (nSPS) is 11.3. The third-order valence-corrected chi connectivity index (χ3v) is 6.53. The number of pyridine rings is 1. The van der Waals surface area contributed by atoms with Crippen molar-refractivity contribution in [3.8, 4) is 0 Å². The van der Waals surface area contributed by atoms with Gasteiger partial charge in [-0.15, -0.1) is 0 Å². The Morgan fingerprint density at radius 3 is 2.21 bits per heavy atom. The third kappa shape index (κ3) is 4.30. The lowest BCUT2D eigenvalue weighted by molar-refractivity contribution is -0.116. The number of carbonyl (C=O) groups is 1. The Balaban J connectivity index is 2.01. The average molecular weight is 410 g/mol. The highest BCUT2D eigenvalue weighted by molar-refractivity contribution is 7.91. The molecule has 0 unspecified atom stereocenters. The van der Waals surface area contributed by atoms with Gasteiger partial charge in [-0.25, -0.2) is 8.42 Å². The molecule has 0 saturated heterocycles. The molecule has 3 rings (SSSR count). The number of hydrogen-bond acceptors (Lipinski definition) is 4. The summed E-state index contributed by atoms with van der Waals surface area (Å²) in [4.78, 5) is 25.3. The minimum Gasteiger partial charge on any atom is -0.325 e. The number of hydrogen-bond donors (Lipinski definition) is 1. The van der Waals surface area contributed by atoms with E-state index in [1.54, 1.807) is 56.3 Å². The highest BCUT2D eigenvalue weighted by Gasteiger charge is 2.26. The van der Waals surface area contributed by atoms with Crippen molar-refractivity contribution in [2.45, 2.75) is 37.1 Å². The van der Waals surface area contributed by atoms with Crippen LogP contribution in [0.4, 0.5) is 5.69 Å². The zero-order valence-corrected chi connectivity index (χ0v) is 17.3. The number of rotatable bonds is 5. The minimum absolute atomic E-state index is 0.0486. The molecule has 6 nitrogen and oxygen atoms in total.